The lowest BCUT2D eigenvalue weighted by Gasteiger charge is -2.15. The third-order valence-corrected chi connectivity index (χ3v) is 5.63. The second-order valence-corrected chi connectivity index (χ2v) is 10.1. The highest BCUT2D eigenvalue weighted by atomic mass is 16.5. The summed E-state index contributed by atoms with van der Waals surface area (Å²) in [7, 11) is 0. The van der Waals surface area contributed by atoms with Gasteiger partial charge < -0.3 is 39.8 Å². The first-order valence-corrected chi connectivity index (χ1v) is 13.9. The molecule has 0 bridgehead atoms. The Morgan fingerprint density at radius 2 is 0.842 bits per heavy atom. The molecule has 0 amide bonds. The van der Waals surface area contributed by atoms with Crippen LogP contribution in [0.25, 0.3) is 0 Å². The van der Waals surface area contributed by atoms with Crippen LogP contribution in [-0.2, 0) is 0 Å². The summed E-state index contributed by atoms with van der Waals surface area (Å²) in [6.45, 7) is 11.0. The van der Waals surface area contributed by atoms with Crippen LogP contribution >= 0.6 is 0 Å². The van der Waals surface area contributed by atoms with Gasteiger partial charge in [0.05, 0.1) is 13.2 Å². The molecule has 0 saturated carbocycles. The number of ether oxygens (including phenoxy) is 4. The maximum absolute atomic E-state index is 9.93. The summed E-state index contributed by atoms with van der Waals surface area (Å²) < 4.78 is 22.9. The molecule has 0 saturated heterocycles. The molecule has 8 heteroatoms. The highest BCUT2D eigenvalue weighted by molar-refractivity contribution is 5.32. The maximum atomic E-state index is 9.93. The zero-order valence-electron chi connectivity index (χ0n) is 23.5. The van der Waals surface area contributed by atoms with E-state index in [-0.39, 0.29) is 13.2 Å². The minimum absolute atomic E-state index is 0.255. The normalized spacial score (nSPS) is 12.9. The van der Waals surface area contributed by atoms with Gasteiger partial charge in [0.1, 0.15) is 48.4 Å². The molecule has 0 aromatic heterocycles. The molecule has 0 aliphatic rings. The number of rotatable bonds is 21. The average molecular weight is 533 g/mol. The number of unbranched alkanes of at least 4 members (excludes halogenated alkanes) is 3. The van der Waals surface area contributed by atoms with Crippen molar-refractivity contribution in [1.82, 2.24) is 10.6 Å². The average Bonchev–Trinajstić information content (AvgIpc) is 2.91. The van der Waals surface area contributed by atoms with Gasteiger partial charge in [0, 0.05) is 25.2 Å². The number of aliphatic hydroxyl groups is 2. The molecule has 214 valence electrons. The predicted octanol–water partition coefficient (Wildman–Crippen LogP) is 4.18. The highest BCUT2D eigenvalue weighted by Gasteiger charge is 2.07. The van der Waals surface area contributed by atoms with E-state index in [9.17, 15) is 10.2 Å². The van der Waals surface area contributed by atoms with E-state index in [1.54, 1.807) is 0 Å². The number of aliphatic hydroxyl groups excluding tert-OH is 2. The van der Waals surface area contributed by atoms with Crippen molar-refractivity contribution in [3.63, 3.8) is 0 Å². The Balaban J connectivity index is 1.48. The molecule has 0 unspecified atom stereocenters. The van der Waals surface area contributed by atoms with Crippen LogP contribution in [0.5, 0.6) is 23.0 Å². The van der Waals surface area contributed by atoms with Gasteiger partial charge in [-0.1, -0.05) is 27.7 Å². The summed E-state index contributed by atoms with van der Waals surface area (Å²) in [5, 5.41) is 26.2. The number of nitrogens with one attached hydrogen (secondary N) is 2. The molecule has 8 nitrogen and oxygen atoms in total. The van der Waals surface area contributed by atoms with E-state index in [0.29, 0.717) is 38.4 Å². The maximum Gasteiger partial charge on any atom is 0.119 e. The second kappa shape index (κ2) is 18.7. The van der Waals surface area contributed by atoms with E-state index >= 15 is 0 Å². The van der Waals surface area contributed by atoms with Crippen LogP contribution in [0, 0.1) is 0 Å². The molecule has 2 atom stereocenters. The summed E-state index contributed by atoms with van der Waals surface area (Å²) in [4.78, 5) is 0. The van der Waals surface area contributed by atoms with Crippen LogP contribution in [-0.4, -0.2) is 74.0 Å². The van der Waals surface area contributed by atoms with Gasteiger partial charge in [-0.25, -0.2) is 0 Å². The lowest BCUT2D eigenvalue weighted by molar-refractivity contribution is 0.104. The summed E-state index contributed by atoms with van der Waals surface area (Å²) in [6, 6.07) is 15.7. The Labute approximate surface area is 228 Å². The monoisotopic (exact) mass is 532 g/mol. The molecule has 2 rings (SSSR count). The topological polar surface area (TPSA) is 101 Å². The highest BCUT2D eigenvalue weighted by Crippen LogP contribution is 2.19. The molecule has 2 aromatic carbocycles. The molecule has 0 aliphatic heterocycles. The number of benzene rings is 2. The first-order chi connectivity index (χ1) is 18.3. The second-order valence-electron chi connectivity index (χ2n) is 10.1. The van der Waals surface area contributed by atoms with Crippen molar-refractivity contribution in [3.8, 4) is 23.0 Å². The largest absolute Gasteiger partial charge is 0.494 e. The van der Waals surface area contributed by atoms with Crippen molar-refractivity contribution >= 4 is 0 Å². The van der Waals surface area contributed by atoms with Crippen molar-refractivity contribution in [1.29, 1.82) is 0 Å². The zero-order valence-corrected chi connectivity index (χ0v) is 23.5. The minimum Gasteiger partial charge on any atom is -0.494 e. The van der Waals surface area contributed by atoms with Gasteiger partial charge >= 0.3 is 0 Å². The summed E-state index contributed by atoms with van der Waals surface area (Å²) in [6.07, 6.45) is 3.04. The molecular formula is C30H48N2O6. The molecule has 38 heavy (non-hydrogen) atoms. The number of hydrogen-bond donors (Lipinski definition) is 4. The molecule has 0 heterocycles. The van der Waals surface area contributed by atoms with E-state index in [1.165, 1.54) is 0 Å². The quantitative estimate of drug-likeness (QED) is 0.178. The van der Waals surface area contributed by atoms with Gasteiger partial charge in [-0.2, -0.15) is 0 Å². The summed E-state index contributed by atoms with van der Waals surface area (Å²) >= 11 is 0. The van der Waals surface area contributed by atoms with Crippen LogP contribution in [0.1, 0.15) is 53.4 Å². The van der Waals surface area contributed by atoms with Crippen molar-refractivity contribution < 1.29 is 29.2 Å². The van der Waals surface area contributed by atoms with E-state index in [0.717, 1.165) is 48.7 Å². The smallest absolute Gasteiger partial charge is 0.119 e. The third-order valence-electron chi connectivity index (χ3n) is 5.63. The first kappa shape index (κ1) is 31.7. The Hall–Kier alpha value is -2.52. The Bertz CT molecular complexity index is 773. The van der Waals surface area contributed by atoms with Gasteiger partial charge in [0.15, 0.2) is 0 Å². The third kappa shape index (κ3) is 15.0. The van der Waals surface area contributed by atoms with Gasteiger partial charge in [-0.05, 0) is 74.2 Å². The van der Waals surface area contributed by atoms with Gasteiger partial charge in [0.25, 0.3) is 0 Å². The summed E-state index contributed by atoms with van der Waals surface area (Å²) in [5.74, 6) is 3.07. The fourth-order valence-electron chi connectivity index (χ4n) is 3.45. The van der Waals surface area contributed by atoms with Gasteiger partial charge in [-0.3, -0.25) is 0 Å². The zero-order chi connectivity index (χ0) is 27.6. The van der Waals surface area contributed by atoms with Crippen LogP contribution in [0.4, 0.5) is 0 Å². The van der Waals surface area contributed by atoms with Crippen molar-refractivity contribution in [3.05, 3.63) is 48.5 Å². The summed E-state index contributed by atoms with van der Waals surface area (Å²) in [5.41, 5.74) is 0. The molecule has 0 spiro atoms. The SMILES string of the molecule is CC(C)NC[C@H](O)COc1ccc(OCCCCCCOc2ccc(OC[C@@H](O)CNC(C)C)cc2)cc1. The molecule has 0 aliphatic carbocycles. The Kier molecular flexibility index (Phi) is 15.6. The van der Waals surface area contributed by atoms with E-state index in [1.807, 2.05) is 76.2 Å². The molecule has 2 aromatic rings. The fraction of sp³-hybridized carbons (Fsp3) is 0.600. The first-order valence-electron chi connectivity index (χ1n) is 13.9. The molecular weight excluding hydrogens is 484 g/mol. The van der Waals surface area contributed by atoms with Gasteiger partial charge in [0.2, 0.25) is 0 Å². The van der Waals surface area contributed by atoms with Crippen LogP contribution in [0.3, 0.4) is 0 Å². The predicted molar refractivity (Wildman–Crippen MR) is 152 cm³/mol. The lowest BCUT2D eigenvalue weighted by Crippen LogP contribution is -2.35. The van der Waals surface area contributed by atoms with Crippen LogP contribution < -0.4 is 29.6 Å². The van der Waals surface area contributed by atoms with E-state index in [4.69, 9.17) is 18.9 Å². The van der Waals surface area contributed by atoms with Crippen molar-refractivity contribution in [2.24, 2.45) is 0 Å². The molecule has 4 N–H and O–H groups in total. The minimum atomic E-state index is -0.540. The van der Waals surface area contributed by atoms with Crippen molar-refractivity contribution in [2.45, 2.75) is 77.7 Å². The Morgan fingerprint density at radius 1 is 0.526 bits per heavy atom. The van der Waals surface area contributed by atoms with E-state index < -0.39 is 12.2 Å². The Morgan fingerprint density at radius 3 is 1.16 bits per heavy atom. The standard InChI is InChI=1S/C30H48N2O6/c1-23(2)31-19-25(33)21-37-29-13-9-27(10-14-29)35-17-7-5-6-8-18-36-28-11-15-30(16-12-28)38-22-26(34)20-32-24(3)4/h9-16,23-26,31-34H,5-8,17-22H2,1-4H3/t25-,26-/m0/s1. The fourth-order valence-corrected chi connectivity index (χ4v) is 3.45. The molecule has 0 fully saturated rings. The van der Waals surface area contributed by atoms with Crippen LogP contribution in [0.2, 0.25) is 0 Å². The van der Waals surface area contributed by atoms with Crippen molar-refractivity contribution in [2.75, 3.05) is 39.5 Å². The lowest BCUT2D eigenvalue weighted by atomic mass is 10.2. The van der Waals surface area contributed by atoms with Gasteiger partial charge in [-0.15, -0.1) is 0 Å². The molecule has 0 radical (unpaired) electrons. The van der Waals surface area contributed by atoms with Crippen LogP contribution in [0.15, 0.2) is 48.5 Å². The van der Waals surface area contributed by atoms with E-state index in [2.05, 4.69) is 10.6 Å². The number of hydrogen-bond acceptors (Lipinski definition) is 8.